The molecule has 0 unspecified atom stereocenters. The Morgan fingerprint density at radius 3 is 1.45 bits per heavy atom. The number of amides is 2. The highest BCUT2D eigenvalue weighted by atomic mass is 16.2. The van der Waals surface area contributed by atoms with E-state index >= 15 is 0 Å². The monoisotopic (exact) mass is 294 g/mol. The fourth-order valence-electron chi connectivity index (χ4n) is 2.52. The molecule has 3 aromatic carbocycles. The predicted octanol–water partition coefficient (Wildman–Crippen LogP) is 1.20. The van der Waals surface area contributed by atoms with Crippen molar-refractivity contribution in [1.82, 2.24) is 10.9 Å². The summed E-state index contributed by atoms with van der Waals surface area (Å²) in [6.45, 7) is 0. The summed E-state index contributed by atoms with van der Waals surface area (Å²) in [7, 11) is 0. The predicted molar refractivity (Wildman–Crippen MR) is 84.8 cm³/mol. The van der Waals surface area contributed by atoms with Gasteiger partial charge in [-0.25, -0.2) is 11.7 Å². The summed E-state index contributed by atoms with van der Waals surface area (Å²) in [5, 5.41) is 3.82. The highest BCUT2D eigenvalue weighted by Crippen LogP contribution is 2.27. The number of hydrogen-bond acceptors (Lipinski definition) is 4. The molecule has 0 heterocycles. The van der Waals surface area contributed by atoms with E-state index in [9.17, 15) is 9.59 Å². The Kier molecular flexibility index (Phi) is 3.46. The number of carbonyl (C=O) groups is 2. The van der Waals surface area contributed by atoms with Gasteiger partial charge in [-0.1, -0.05) is 24.3 Å². The quantitative estimate of drug-likeness (QED) is 0.246. The number of nitrogens with two attached hydrogens (primary N) is 2. The lowest BCUT2D eigenvalue weighted by Crippen LogP contribution is -2.29. The summed E-state index contributed by atoms with van der Waals surface area (Å²) in [4.78, 5) is 23.2. The second-order valence-corrected chi connectivity index (χ2v) is 4.88. The maximum atomic E-state index is 11.6. The molecule has 6 nitrogen and oxygen atoms in total. The van der Waals surface area contributed by atoms with Gasteiger partial charge in [-0.2, -0.15) is 0 Å². The average Bonchev–Trinajstić information content (AvgIpc) is 2.59. The van der Waals surface area contributed by atoms with Crippen LogP contribution in [0.15, 0.2) is 48.5 Å². The van der Waals surface area contributed by atoms with E-state index in [1.165, 1.54) is 0 Å². The van der Waals surface area contributed by atoms with Crippen LogP contribution in [-0.2, 0) is 0 Å². The maximum Gasteiger partial charge on any atom is 0.265 e. The zero-order valence-electron chi connectivity index (χ0n) is 11.6. The van der Waals surface area contributed by atoms with Crippen molar-refractivity contribution < 1.29 is 9.59 Å². The highest BCUT2D eigenvalue weighted by molar-refractivity contribution is 6.11. The minimum atomic E-state index is -0.336. The van der Waals surface area contributed by atoms with Gasteiger partial charge in [0.15, 0.2) is 0 Å². The Bertz CT molecular complexity index is 830. The Labute approximate surface area is 126 Å². The summed E-state index contributed by atoms with van der Waals surface area (Å²) in [5.41, 5.74) is 5.22. The molecule has 6 heteroatoms. The van der Waals surface area contributed by atoms with E-state index in [0.717, 1.165) is 21.5 Å². The van der Waals surface area contributed by atoms with Crippen LogP contribution >= 0.6 is 0 Å². The maximum absolute atomic E-state index is 11.6. The molecule has 0 saturated heterocycles. The molecule has 22 heavy (non-hydrogen) atoms. The molecule has 0 atom stereocenters. The Morgan fingerprint density at radius 1 is 0.682 bits per heavy atom. The molecule has 0 aliphatic rings. The van der Waals surface area contributed by atoms with Crippen LogP contribution in [0, 0.1) is 0 Å². The molecular weight excluding hydrogens is 280 g/mol. The second kappa shape index (κ2) is 5.44. The number of fused-ring (bicyclic) bond motifs is 3. The first kappa shape index (κ1) is 14.0. The third-order valence-corrected chi connectivity index (χ3v) is 3.62. The van der Waals surface area contributed by atoms with Gasteiger partial charge in [-0.15, -0.1) is 0 Å². The Balaban J connectivity index is 2.19. The first-order valence-corrected chi connectivity index (χ1v) is 6.62. The summed E-state index contributed by atoms with van der Waals surface area (Å²) < 4.78 is 0. The van der Waals surface area contributed by atoms with Gasteiger partial charge in [0.2, 0.25) is 0 Å². The topological polar surface area (TPSA) is 110 Å². The van der Waals surface area contributed by atoms with Crippen molar-refractivity contribution in [3.63, 3.8) is 0 Å². The van der Waals surface area contributed by atoms with E-state index in [4.69, 9.17) is 11.7 Å². The van der Waals surface area contributed by atoms with E-state index in [1.54, 1.807) is 24.3 Å². The largest absolute Gasteiger partial charge is 0.290 e. The normalized spacial score (nSPS) is 10.6. The zero-order chi connectivity index (χ0) is 15.7. The average molecular weight is 294 g/mol. The summed E-state index contributed by atoms with van der Waals surface area (Å²) in [6, 6.07) is 14.5. The van der Waals surface area contributed by atoms with Crippen LogP contribution in [0.3, 0.4) is 0 Å². The number of nitrogen functional groups attached to an aromatic ring is 2. The van der Waals surface area contributed by atoms with Crippen molar-refractivity contribution >= 4 is 33.4 Å². The highest BCUT2D eigenvalue weighted by Gasteiger charge is 2.08. The molecule has 0 aliphatic carbocycles. The van der Waals surface area contributed by atoms with Crippen molar-refractivity contribution in [3.05, 3.63) is 59.7 Å². The fourth-order valence-corrected chi connectivity index (χ4v) is 2.52. The molecule has 0 aromatic heterocycles. The van der Waals surface area contributed by atoms with E-state index in [1.807, 2.05) is 24.3 Å². The van der Waals surface area contributed by atoms with E-state index in [-0.39, 0.29) is 11.8 Å². The third-order valence-electron chi connectivity index (χ3n) is 3.62. The number of hydrazine groups is 2. The second-order valence-electron chi connectivity index (χ2n) is 4.88. The van der Waals surface area contributed by atoms with Crippen LogP contribution in [0.2, 0.25) is 0 Å². The number of carbonyl (C=O) groups excluding carboxylic acids is 2. The molecule has 0 saturated carbocycles. The van der Waals surface area contributed by atoms with Crippen molar-refractivity contribution in [3.8, 4) is 0 Å². The molecule has 0 aliphatic heterocycles. The van der Waals surface area contributed by atoms with Crippen LogP contribution < -0.4 is 22.5 Å². The van der Waals surface area contributed by atoms with E-state index in [0.29, 0.717) is 11.1 Å². The first-order valence-electron chi connectivity index (χ1n) is 6.62. The third kappa shape index (κ3) is 2.26. The molecule has 110 valence electrons. The molecule has 6 N–H and O–H groups in total. The SMILES string of the molecule is NNC(=O)c1ccc2c(ccc3cc(C(=O)NN)ccc32)c1. The molecule has 3 aromatic rings. The summed E-state index contributed by atoms with van der Waals surface area (Å²) in [5.74, 6) is 9.63. The van der Waals surface area contributed by atoms with Gasteiger partial charge in [-0.3, -0.25) is 20.4 Å². The van der Waals surface area contributed by atoms with Crippen LogP contribution in [0.5, 0.6) is 0 Å². The Morgan fingerprint density at radius 2 is 1.09 bits per heavy atom. The molecule has 0 fully saturated rings. The minimum Gasteiger partial charge on any atom is -0.290 e. The molecular formula is C16H14N4O2. The minimum absolute atomic E-state index is 0.336. The lowest BCUT2D eigenvalue weighted by atomic mass is 9.98. The number of nitrogens with one attached hydrogen (secondary N) is 2. The molecule has 3 rings (SSSR count). The van der Waals surface area contributed by atoms with Crippen LogP contribution in [0.4, 0.5) is 0 Å². The van der Waals surface area contributed by atoms with E-state index in [2.05, 4.69) is 10.9 Å². The number of rotatable bonds is 2. The molecule has 0 spiro atoms. The van der Waals surface area contributed by atoms with Crippen molar-refractivity contribution in [2.45, 2.75) is 0 Å². The standard InChI is InChI=1S/C16H14N4O2/c17-19-15(21)11-3-5-13-9(7-11)1-2-10-8-12(16(22)20-18)4-6-14(10)13/h1-8H,17-18H2,(H,19,21)(H,20,22). The molecule has 0 bridgehead atoms. The van der Waals surface area contributed by atoms with Gasteiger partial charge < -0.3 is 0 Å². The number of hydrogen-bond donors (Lipinski definition) is 4. The summed E-state index contributed by atoms with van der Waals surface area (Å²) >= 11 is 0. The lowest BCUT2D eigenvalue weighted by molar-refractivity contribution is 0.0946. The number of benzene rings is 3. The van der Waals surface area contributed by atoms with Crippen LogP contribution in [0.25, 0.3) is 21.5 Å². The molecule has 2 amide bonds. The smallest absolute Gasteiger partial charge is 0.265 e. The van der Waals surface area contributed by atoms with Crippen LogP contribution in [-0.4, -0.2) is 11.8 Å². The van der Waals surface area contributed by atoms with Gasteiger partial charge in [0, 0.05) is 11.1 Å². The Hall–Kier alpha value is -2.96. The van der Waals surface area contributed by atoms with Crippen molar-refractivity contribution in [1.29, 1.82) is 0 Å². The van der Waals surface area contributed by atoms with Crippen molar-refractivity contribution in [2.75, 3.05) is 0 Å². The summed E-state index contributed by atoms with van der Waals surface area (Å²) in [6.07, 6.45) is 0. The van der Waals surface area contributed by atoms with E-state index < -0.39 is 0 Å². The van der Waals surface area contributed by atoms with Gasteiger partial charge in [0.1, 0.15) is 0 Å². The zero-order valence-corrected chi connectivity index (χ0v) is 11.6. The van der Waals surface area contributed by atoms with Crippen molar-refractivity contribution in [2.24, 2.45) is 11.7 Å². The lowest BCUT2D eigenvalue weighted by Gasteiger charge is -2.07. The van der Waals surface area contributed by atoms with Gasteiger partial charge in [0.05, 0.1) is 0 Å². The fraction of sp³-hybridized carbons (Fsp3) is 0. The van der Waals surface area contributed by atoms with Crippen LogP contribution in [0.1, 0.15) is 20.7 Å². The van der Waals surface area contributed by atoms with Gasteiger partial charge >= 0.3 is 0 Å². The first-order chi connectivity index (χ1) is 10.6. The van der Waals surface area contributed by atoms with Gasteiger partial charge in [0.25, 0.3) is 11.8 Å². The van der Waals surface area contributed by atoms with Gasteiger partial charge in [-0.05, 0) is 45.8 Å². The molecule has 0 radical (unpaired) electrons.